The van der Waals surface area contributed by atoms with Crippen LogP contribution in [0.4, 0.5) is 5.69 Å². The molecule has 0 spiro atoms. The van der Waals surface area contributed by atoms with E-state index in [1.807, 2.05) is 30.3 Å². The molecule has 2 aromatic carbocycles. The van der Waals surface area contributed by atoms with Gasteiger partial charge in [-0.15, -0.1) is 0 Å². The summed E-state index contributed by atoms with van der Waals surface area (Å²) in [6.07, 6.45) is 0. The van der Waals surface area contributed by atoms with Crippen molar-refractivity contribution in [2.75, 3.05) is 11.9 Å². The van der Waals surface area contributed by atoms with E-state index in [1.54, 1.807) is 18.2 Å². The third-order valence-corrected chi connectivity index (χ3v) is 3.19. The Morgan fingerprint density at radius 2 is 1.89 bits per heavy atom. The van der Waals surface area contributed by atoms with Crippen molar-refractivity contribution in [3.8, 4) is 0 Å². The molecular formula is C14H11BrClNO. The molecule has 0 aromatic heterocycles. The van der Waals surface area contributed by atoms with E-state index in [1.165, 1.54) is 0 Å². The number of rotatable bonds is 4. The zero-order chi connectivity index (χ0) is 13.0. The highest BCUT2D eigenvalue weighted by molar-refractivity contribution is 9.10. The van der Waals surface area contributed by atoms with E-state index >= 15 is 0 Å². The van der Waals surface area contributed by atoms with Crippen LogP contribution in [0.3, 0.4) is 0 Å². The molecule has 0 atom stereocenters. The first-order valence-electron chi connectivity index (χ1n) is 5.43. The molecule has 0 bridgehead atoms. The second-order valence-corrected chi connectivity index (χ2v) is 5.15. The lowest BCUT2D eigenvalue weighted by molar-refractivity contribution is 0.101. The van der Waals surface area contributed by atoms with E-state index < -0.39 is 0 Å². The first kappa shape index (κ1) is 13.1. The molecule has 0 saturated carbocycles. The molecule has 18 heavy (non-hydrogen) atoms. The maximum Gasteiger partial charge on any atom is 0.181 e. The monoisotopic (exact) mass is 323 g/mol. The Balaban J connectivity index is 1.98. The van der Waals surface area contributed by atoms with Gasteiger partial charge in [0.05, 0.1) is 6.54 Å². The summed E-state index contributed by atoms with van der Waals surface area (Å²) >= 11 is 9.13. The van der Waals surface area contributed by atoms with Crippen LogP contribution in [0.1, 0.15) is 10.4 Å². The van der Waals surface area contributed by atoms with E-state index in [0.29, 0.717) is 10.6 Å². The van der Waals surface area contributed by atoms with E-state index in [2.05, 4.69) is 21.2 Å². The highest BCUT2D eigenvalue weighted by atomic mass is 79.9. The molecule has 2 rings (SSSR count). The van der Waals surface area contributed by atoms with Crippen molar-refractivity contribution in [1.82, 2.24) is 0 Å². The quantitative estimate of drug-likeness (QED) is 0.845. The summed E-state index contributed by atoms with van der Waals surface area (Å²) in [6, 6.07) is 14.6. The van der Waals surface area contributed by atoms with Crippen LogP contribution in [0.25, 0.3) is 0 Å². The van der Waals surface area contributed by atoms with E-state index in [4.69, 9.17) is 11.6 Å². The van der Waals surface area contributed by atoms with E-state index in [9.17, 15) is 4.79 Å². The predicted molar refractivity (Wildman–Crippen MR) is 78.4 cm³/mol. The Morgan fingerprint density at radius 1 is 1.17 bits per heavy atom. The molecule has 0 aliphatic rings. The molecule has 0 saturated heterocycles. The standard InChI is InChI=1S/C14H11BrClNO/c15-11-3-1-2-10(8-11)14(18)9-17-13-6-4-12(16)5-7-13/h1-8,17H,9H2. The minimum Gasteiger partial charge on any atom is -0.378 e. The van der Waals surface area contributed by atoms with Crippen molar-refractivity contribution in [3.05, 3.63) is 63.6 Å². The molecule has 2 aromatic rings. The molecule has 2 nitrogen and oxygen atoms in total. The van der Waals surface area contributed by atoms with Crippen LogP contribution in [0.5, 0.6) is 0 Å². The van der Waals surface area contributed by atoms with Gasteiger partial charge in [-0.3, -0.25) is 4.79 Å². The number of carbonyl (C=O) groups excluding carboxylic acids is 1. The maximum absolute atomic E-state index is 11.9. The van der Waals surface area contributed by atoms with Gasteiger partial charge in [-0.05, 0) is 36.4 Å². The lowest BCUT2D eigenvalue weighted by atomic mass is 10.1. The molecule has 4 heteroatoms. The SMILES string of the molecule is O=C(CNc1ccc(Cl)cc1)c1cccc(Br)c1. The number of Topliss-reactive ketones (excluding diaryl/α,β-unsaturated/α-hetero) is 1. The average molecular weight is 325 g/mol. The fourth-order valence-corrected chi connectivity index (χ4v) is 2.04. The number of halogens is 2. The van der Waals surface area contributed by atoms with Gasteiger partial charge in [-0.25, -0.2) is 0 Å². The lowest BCUT2D eigenvalue weighted by Crippen LogP contribution is -2.13. The Hall–Kier alpha value is -1.32. The predicted octanol–water partition coefficient (Wildman–Crippen LogP) is 4.40. The van der Waals surface area contributed by atoms with Crippen molar-refractivity contribution >= 4 is 39.0 Å². The third kappa shape index (κ3) is 3.59. The maximum atomic E-state index is 11.9. The number of anilines is 1. The third-order valence-electron chi connectivity index (χ3n) is 2.44. The van der Waals surface area contributed by atoms with Crippen molar-refractivity contribution in [2.24, 2.45) is 0 Å². The van der Waals surface area contributed by atoms with Gasteiger partial charge in [-0.2, -0.15) is 0 Å². The second kappa shape index (κ2) is 6.03. The smallest absolute Gasteiger partial charge is 0.181 e. The topological polar surface area (TPSA) is 29.1 Å². The van der Waals surface area contributed by atoms with Crippen LogP contribution < -0.4 is 5.32 Å². The molecule has 0 heterocycles. The summed E-state index contributed by atoms with van der Waals surface area (Å²) in [6.45, 7) is 0.262. The number of carbonyl (C=O) groups is 1. The van der Waals surface area contributed by atoms with E-state index in [0.717, 1.165) is 10.2 Å². The summed E-state index contributed by atoms with van der Waals surface area (Å²) in [5.74, 6) is 0.0475. The minimum absolute atomic E-state index is 0.0475. The Kier molecular flexibility index (Phi) is 4.39. The van der Waals surface area contributed by atoms with E-state index in [-0.39, 0.29) is 12.3 Å². The molecule has 0 amide bonds. The van der Waals surface area contributed by atoms with Crippen molar-refractivity contribution in [1.29, 1.82) is 0 Å². The molecule has 0 unspecified atom stereocenters. The molecule has 0 aliphatic carbocycles. The highest BCUT2D eigenvalue weighted by Crippen LogP contribution is 2.15. The zero-order valence-corrected chi connectivity index (χ0v) is 11.8. The molecular weight excluding hydrogens is 314 g/mol. The van der Waals surface area contributed by atoms with Gasteiger partial charge in [0, 0.05) is 20.7 Å². The lowest BCUT2D eigenvalue weighted by Gasteiger charge is -2.06. The van der Waals surface area contributed by atoms with Crippen molar-refractivity contribution < 1.29 is 4.79 Å². The Bertz CT molecular complexity index is 554. The van der Waals surface area contributed by atoms with Crippen molar-refractivity contribution in [2.45, 2.75) is 0 Å². The van der Waals surface area contributed by atoms with Gasteiger partial charge < -0.3 is 5.32 Å². The van der Waals surface area contributed by atoms with Crippen LogP contribution in [0.2, 0.25) is 5.02 Å². The zero-order valence-electron chi connectivity index (χ0n) is 9.49. The van der Waals surface area contributed by atoms with Crippen LogP contribution in [0, 0.1) is 0 Å². The summed E-state index contributed by atoms with van der Waals surface area (Å²) < 4.78 is 0.903. The van der Waals surface area contributed by atoms with Crippen LogP contribution in [-0.2, 0) is 0 Å². The average Bonchev–Trinajstić information content (AvgIpc) is 2.38. The summed E-state index contributed by atoms with van der Waals surface area (Å²) in [7, 11) is 0. The highest BCUT2D eigenvalue weighted by Gasteiger charge is 2.05. The van der Waals surface area contributed by atoms with Gasteiger partial charge >= 0.3 is 0 Å². The first-order chi connectivity index (χ1) is 8.65. The molecule has 1 N–H and O–H groups in total. The molecule has 0 aliphatic heterocycles. The molecule has 0 radical (unpaired) electrons. The van der Waals surface area contributed by atoms with Crippen LogP contribution in [-0.4, -0.2) is 12.3 Å². The molecule has 0 fully saturated rings. The van der Waals surface area contributed by atoms with Gasteiger partial charge in [0.2, 0.25) is 0 Å². The fraction of sp³-hybridized carbons (Fsp3) is 0.0714. The molecule has 92 valence electrons. The normalized spacial score (nSPS) is 10.1. The summed E-state index contributed by atoms with van der Waals surface area (Å²) in [5.41, 5.74) is 1.56. The fourth-order valence-electron chi connectivity index (χ4n) is 1.51. The van der Waals surface area contributed by atoms with Gasteiger partial charge in [0.15, 0.2) is 5.78 Å². The minimum atomic E-state index is 0.0475. The van der Waals surface area contributed by atoms with Crippen LogP contribution in [0.15, 0.2) is 53.0 Å². The van der Waals surface area contributed by atoms with Crippen molar-refractivity contribution in [3.63, 3.8) is 0 Å². The number of nitrogens with one attached hydrogen (secondary N) is 1. The largest absolute Gasteiger partial charge is 0.378 e. The Labute approximate surface area is 119 Å². The summed E-state index contributed by atoms with van der Waals surface area (Å²) in [5, 5.41) is 3.75. The number of hydrogen-bond acceptors (Lipinski definition) is 2. The van der Waals surface area contributed by atoms with Gasteiger partial charge in [0.25, 0.3) is 0 Å². The second-order valence-electron chi connectivity index (χ2n) is 3.79. The summed E-state index contributed by atoms with van der Waals surface area (Å²) in [4.78, 5) is 11.9. The van der Waals surface area contributed by atoms with Crippen LogP contribution >= 0.6 is 27.5 Å². The Morgan fingerprint density at radius 3 is 2.56 bits per heavy atom. The first-order valence-corrected chi connectivity index (χ1v) is 6.60. The van der Waals surface area contributed by atoms with Gasteiger partial charge in [0.1, 0.15) is 0 Å². The number of hydrogen-bond donors (Lipinski definition) is 1. The van der Waals surface area contributed by atoms with Gasteiger partial charge in [-0.1, -0.05) is 39.7 Å². The number of benzene rings is 2. The number of ketones is 1.